The zero-order chi connectivity index (χ0) is 5.45. The second-order valence-electron chi connectivity index (χ2n) is 2.47. The molecule has 3 heteroatoms. The summed E-state index contributed by atoms with van der Waals surface area (Å²) in [4.78, 5) is 0. The van der Waals surface area contributed by atoms with Crippen molar-refractivity contribution in [3.8, 4) is 0 Å². The van der Waals surface area contributed by atoms with Crippen LogP contribution in [0.4, 0.5) is 0 Å². The largest absolute Gasteiger partial charge is 0.164 e. The van der Waals surface area contributed by atoms with Crippen LogP contribution < -0.4 is 0 Å². The summed E-state index contributed by atoms with van der Waals surface area (Å²) < 4.78 is 0. The Balaban J connectivity index is 1.95. The van der Waals surface area contributed by atoms with Gasteiger partial charge in [-0.15, -0.1) is 0 Å². The molecule has 2 aliphatic rings. The summed E-state index contributed by atoms with van der Waals surface area (Å²) in [5.41, 5.74) is -0.253. The molecule has 0 radical (unpaired) electrons. The van der Waals surface area contributed by atoms with Gasteiger partial charge in [0.15, 0.2) is 5.67 Å². The molecule has 0 atom stereocenters. The van der Waals surface area contributed by atoms with Crippen molar-refractivity contribution in [3.05, 3.63) is 0 Å². The van der Waals surface area contributed by atoms with Crippen LogP contribution in [0.2, 0.25) is 0 Å². The van der Waals surface area contributed by atoms with Crippen molar-refractivity contribution < 1.29 is 0 Å². The van der Waals surface area contributed by atoms with Crippen molar-refractivity contribution in [1.29, 1.82) is 0 Å². The molecule has 0 saturated carbocycles. The maximum atomic E-state index is 2.22. The van der Waals surface area contributed by atoms with Gasteiger partial charge in [0.25, 0.3) is 0 Å². The molecule has 0 bridgehead atoms. The van der Waals surface area contributed by atoms with Gasteiger partial charge in [0.1, 0.15) is 20.8 Å². The molecule has 0 unspecified atom stereocenters. The third-order valence-corrected chi connectivity index (χ3v) is 13.4. The Morgan fingerprint density at radius 2 is 1.50 bits per heavy atom. The fraction of sp³-hybridized carbons (Fsp3) is 1.00. The van der Waals surface area contributed by atoms with Gasteiger partial charge in [-0.25, -0.2) is 0 Å². The van der Waals surface area contributed by atoms with Crippen molar-refractivity contribution in [3.63, 3.8) is 0 Å². The molecule has 0 aliphatic carbocycles. The third kappa shape index (κ3) is 1.03. The lowest BCUT2D eigenvalue weighted by atomic mass is 10.3. The van der Waals surface area contributed by atoms with Gasteiger partial charge in [-0.1, -0.05) is 0 Å². The predicted molar refractivity (Wildman–Crippen MR) is 45.7 cm³/mol. The minimum absolute atomic E-state index is 0.253. The number of hydrogen-bond acceptors (Lipinski definition) is 2. The zero-order valence-corrected chi connectivity index (χ0v) is 7.33. The molecule has 46 valence electrons. The summed E-state index contributed by atoms with van der Waals surface area (Å²) in [6.07, 6.45) is 7.79. The SMILES string of the molecule is C1CC[P+]2(CC1)SS2. The summed E-state index contributed by atoms with van der Waals surface area (Å²) in [7, 11) is 4.44. The number of hydrogen-bond donors (Lipinski definition) is 0. The van der Waals surface area contributed by atoms with Crippen LogP contribution in [-0.2, 0) is 0 Å². The van der Waals surface area contributed by atoms with Crippen molar-refractivity contribution >= 4 is 26.5 Å². The predicted octanol–water partition coefficient (Wildman–Crippen LogP) is 3.41. The molecule has 0 nitrogen and oxygen atoms in total. The smallest absolute Gasteiger partial charge is 0.0463 e. The Morgan fingerprint density at radius 1 is 0.875 bits per heavy atom. The summed E-state index contributed by atoms with van der Waals surface area (Å²) in [5.74, 6) is 0. The maximum absolute atomic E-state index is 2.22. The van der Waals surface area contributed by atoms with Gasteiger partial charge in [0.2, 0.25) is 0 Å². The Kier molecular flexibility index (Phi) is 1.52. The summed E-state index contributed by atoms with van der Waals surface area (Å²) >= 11 is 0. The monoisotopic (exact) mass is 165 g/mol. The van der Waals surface area contributed by atoms with Crippen molar-refractivity contribution in [2.24, 2.45) is 0 Å². The first-order valence-corrected chi connectivity index (χ1v) is 8.68. The molecule has 2 fully saturated rings. The highest BCUT2D eigenvalue weighted by molar-refractivity contribution is 9.48. The summed E-state index contributed by atoms with van der Waals surface area (Å²) in [6, 6.07) is 0. The highest BCUT2D eigenvalue weighted by Crippen LogP contribution is 3.03. The molecular weight excluding hydrogens is 155 g/mol. The van der Waals surface area contributed by atoms with E-state index in [1.165, 1.54) is 19.3 Å². The van der Waals surface area contributed by atoms with Crippen LogP contribution in [0.25, 0.3) is 0 Å². The van der Waals surface area contributed by atoms with Crippen LogP contribution in [0, 0.1) is 0 Å². The van der Waals surface area contributed by atoms with E-state index in [9.17, 15) is 0 Å². The van der Waals surface area contributed by atoms with Crippen LogP contribution in [0.1, 0.15) is 19.3 Å². The fourth-order valence-corrected chi connectivity index (χ4v) is 12.0. The second kappa shape index (κ2) is 2.07. The van der Waals surface area contributed by atoms with Crippen LogP contribution in [-0.4, -0.2) is 12.3 Å². The Labute approximate surface area is 58.4 Å². The summed E-state index contributed by atoms with van der Waals surface area (Å²) in [5, 5.41) is 0. The summed E-state index contributed by atoms with van der Waals surface area (Å²) in [6.45, 7) is 0. The molecular formula is C5H10PS2+. The van der Waals surface area contributed by atoms with Crippen LogP contribution in [0.5, 0.6) is 0 Å². The molecule has 0 amide bonds. The quantitative estimate of drug-likeness (QED) is 0.306. The molecule has 2 rings (SSSR count). The van der Waals surface area contributed by atoms with Crippen molar-refractivity contribution in [1.82, 2.24) is 0 Å². The lowest BCUT2D eigenvalue weighted by molar-refractivity contribution is 0.756. The van der Waals surface area contributed by atoms with Gasteiger partial charge >= 0.3 is 0 Å². The van der Waals surface area contributed by atoms with Crippen LogP contribution in [0.15, 0.2) is 0 Å². The Bertz CT molecular complexity index is 92.6. The van der Waals surface area contributed by atoms with Gasteiger partial charge in [-0.05, 0) is 19.3 Å². The average molecular weight is 165 g/mol. The first kappa shape index (κ1) is 5.88. The van der Waals surface area contributed by atoms with Gasteiger partial charge in [-0.2, -0.15) is 0 Å². The van der Waals surface area contributed by atoms with E-state index in [-0.39, 0.29) is 5.67 Å². The van der Waals surface area contributed by atoms with Crippen LogP contribution >= 0.6 is 26.5 Å². The van der Waals surface area contributed by atoms with E-state index >= 15 is 0 Å². The number of rotatable bonds is 0. The molecule has 2 aliphatic heterocycles. The zero-order valence-electron chi connectivity index (χ0n) is 4.80. The van der Waals surface area contributed by atoms with E-state index in [4.69, 9.17) is 0 Å². The van der Waals surface area contributed by atoms with Crippen molar-refractivity contribution in [2.75, 3.05) is 12.3 Å². The lowest BCUT2D eigenvalue weighted by Crippen LogP contribution is -1.96. The lowest BCUT2D eigenvalue weighted by Gasteiger charge is -2.08. The van der Waals surface area contributed by atoms with E-state index in [0.29, 0.717) is 0 Å². The molecule has 1 spiro atoms. The van der Waals surface area contributed by atoms with E-state index in [2.05, 4.69) is 20.8 Å². The molecule has 0 N–H and O–H groups in total. The fourth-order valence-electron chi connectivity index (χ4n) is 1.19. The molecule has 8 heavy (non-hydrogen) atoms. The topological polar surface area (TPSA) is 0 Å². The van der Waals surface area contributed by atoms with Gasteiger partial charge in [-0.3, -0.25) is 0 Å². The van der Waals surface area contributed by atoms with Gasteiger partial charge in [0.05, 0.1) is 12.3 Å². The van der Waals surface area contributed by atoms with E-state index in [1.54, 1.807) is 12.3 Å². The molecule has 0 aromatic carbocycles. The Morgan fingerprint density at radius 3 is 1.88 bits per heavy atom. The van der Waals surface area contributed by atoms with Crippen molar-refractivity contribution in [2.45, 2.75) is 19.3 Å². The van der Waals surface area contributed by atoms with E-state index in [0.717, 1.165) is 0 Å². The molecule has 2 heterocycles. The first-order chi connectivity index (χ1) is 3.91. The maximum Gasteiger partial charge on any atom is 0.164 e. The molecule has 0 aromatic heterocycles. The average Bonchev–Trinajstić information content (AvgIpc) is 2.52. The first-order valence-electron chi connectivity index (χ1n) is 3.16. The van der Waals surface area contributed by atoms with Crippen LogP contribution in [0.3, 0.4) is 0 Å². The normalized spacial score (nSPS) is 33.0. The minimum atomic E-state index is -0.253. The van der Waals surface area contributed by atoms with E-state index < -0.39 is 0 Å². The standard InChI is InChI=1S/C5H10PS2/c1-2-4-6(5-3-1)7-8-6/h1-5H2/q+1. The highest BCUT2D eigenvalue weighted by atomic mass is 33.8. The highest BCUT2D eigenvalue weighted by Gasteiger charge is 2.58. The molecule has 2 saturated heterocycles. The Hall–Kier alpha value is 1.13. The molecule has 0 aromatic rings. The minimum Gasteiger partial charge on any atom is -0.0463 e. The second-order valence-corrected chi connectivity index (χ2v) is 13.8. The van der Waals surface area contributed by atoms with Gasteiger partial charge in [0, 0.05) is 0 Å². The third-order valence-electron chi connectivity index (χ3n) is 1.78. The van der Waals surface area contributed by atoms with E-state index in [1.807, 2.05) is 0 Å². The van der Waals surface area contributed by atoms with Gasteiger partial charge < -0.3 is 0 Å².